The topological polar surface area (TPSA) is 90.4 Å². The molecule has 3 unspecified atom stereocenters. The predicted octanol–water partition coefficient (Wildman–Crippen LogP) is 6.42. The fraction of sp³-hybridized carbons (Fsp3) is 0.375. The number of anilines is 2. The molecule has 2 bridgehead atoms. The van der Waals surface area contributed by atoms with E-state index in [1.807, 2.05) is 67.6 Å². The summed E-state index contributed by atoms with van der Waals surface area (Å²) in [5.41, 5.74) is 2.12. The number of carbonyl (C=O) groups is 3. The third-order valence-corrected chi connectivity index (χ3v) is 12.8. The van der Waals surface area contributed by atoms with E-state index in [-0.39, 0.29) is 48.6 Å². The molecule has 262 valence electrons. The van der Waals surface area contributed by atoms with E-state index in [4.69, 9.17) is 16.3 Å². The first-order valence-electron chi connectivity index (χ1n) is 17.2. The molecule has 3 aliphatic rings. The standard InChI is InChI=1S/C40H44ClN3O5S/c1-5-21-42(28-17-19-30(20-18-28)49-7-3)37(46)34-33-23-26(4)40(50-33)35(34)38(47)44(29(25-45)24-27-13-9-8-10-14-27)36(40)39(48)43(22-6-2)32-16-12-11-15-31(32)41/h5-6,8-20,26,29,33-36,45H,1-2,7,21-25H2,3-4H3/t26?,29-,33-,34+,35+,36?,40?/m1/s1. The number of aliphatic hydroxyl groups is 1. The average molecular weight is 714 g/mol. The van der Waals surface area contributed by atoms with Gasteiger partial charge >= 0.3 is 0 Å². The maximum Gasteiger partial charge on any atom is 0.251 e. The van der Waals surface area contributed by atoms with Crippen molar-refractivity contribution in [2.75, 3.05) is 36.1 Å². The third kappa shape index (κ3) is 6.14. The van der Waals surface area contributed by atoms with Crippen LogP contribution in [-0.4, -0.2) is 76.1 Å². The monoisotopic (exact) mass is 713 g/mol. The molecule has 3 aliphatic heterocycles. The van der Waals surface area contributed by atoms with Crippen LogP contribution in [0, 0.1) is 17.8 Å². The molecule has 3 aromatic carbocycles. The van der Waals surface area contributed by atoms with Gasteiger partial charge in [0.1, 0.15) is 11.8 Å². The first-order chi connectivity index (χ1) is 24.2. The summed E-state index contributed by atoms with van der Waals surface area (Å²) in [6.07, 6.45) is 4.34. The minimum atomic E-state index is -0.960. The Morgan fingerprint density at radius 2 is 1.68 bits per heavy atom. The van der Waals surface area contributed by atoms with Gasteiger partial charge in [0.05, 0.1) is 46.5 Å². The number of thioether (sulfide) groups is 1. The zero-order valence-corrected chi connectivity index (χ0v) is 30.1. The lowest BCUT2D eigenvalue weighted by molar-refractivity contribution is -0.141. The zero-order chi connectivity index (χ0) is 35.6. The molecule has 8 nitrogen and oxygen atoms in total. The Bertz CT molecular complexity index is 1740. The van der Waals surface area contributed by atoms with Gasteiger partial charge in [-0.1, -0.05) is 73.1 Å². The molecular formula is C40H44ClN3O5S. The Balaban J connectivity index is 1.46. The second-order valence-electron chi connectivity index (χ2n) is 13.2. The number of amides is 3. The quantitative estimate of drug-likeness (QED) is 0.194. The molecule has 7 atom stereocenters. The number of para-hydroxylation sites is 1. The number of fused-ring (bicyclic) bond motifs is 1. The molecule has 10 heteroatoms. The smallest absolute Gasteiger partial charge is 0.251 e. The number of ether oxygens (including phenoxy) is 1. The number of benzene rings is 3. The Morgan fingerprint density at radius 3 is 2.32 bits per heavy atom. The van der Waals surface area contributed by atoms with Crippen molar-refractivity contribution in [3.05, 3.63) is 115 Å². The van der Waals surface area contributed by atoms with Crippen molar-refractivity contribution in [1.82, 2.24) is 4.90 Å². The SMILES string of the molecule is C=CCN(C(=O)[C@@H]1[C@H]2C(=O)N([C@@H](CO)Cc3ccccc3)C(C(=O)N(CC=C)c3ccccc3Cl)C23S[C@@H]1CC3C)c1ccc(OCC)cc1. The predicted molar refractivity (Wildman–Crippen MR) is 201 cm³/mol. The van der Waals surface area contributed by atoms with Gasteiger partial charge in [-0.3, -0.25) is 14.4 Å². The van der Waals surface area contributed by atoms with Crippen LogP contribution >= 0.6 is 23.4 Å². The largest absolute Gasteiger partial charge is 0.494 e. The van der Waals surface area contributed by atoms with Crippen LogP contribution in [0.5, 0.6) is 5.75 Å². The minimum absolute atomic E-state index is 0.0688. The first-order valence-corrected chi connectivity index (χ1v) is 18.4. The normalized spacial score (nSPS) is 25.6. The molecular weight excluding hydrogens is 670 g/mol. The number of halogens is 1. The molecule has 3 saturated heterocycles. The van der Waals surface area contributed by atoms with Gasteiger partial charge in [-0.2, -0.15) is 0 Å². The number of hydrogen-bond donors (Lipinski definition) is 1. The summed E-state index contributed by atoms with van der Waals surface area (Å²) in [6, 6.07) is 22.5. The highest BCUT2D eigenvalue weighted by Gasteiger charge is 2.77. The van der Waals surface area contributed by atoms with Crippen LogP contribution in [0.15, 0.2) is 104 Å². The van der Waals surface area contributed by atoms with Gasteiger partial charge in [0, 0.05) is 24.0 Å². The van der Waals surface area contributed by atoms with Gasteiger partial charge in [0.25, 0.3) is 5.91 Å². The number of likely N-dealkylation sites (tertiary alicyclic amines) is 1. The highest BCUT2D eigenvalue weighted by atomic mass is 35.5. The number of aliphatic hydroxyl groups excluding tert-OH is 1. The number of carbonyl (C=O) groups excluding carboxylic acids is 3. The van der Waals surface area contributed by atoms with Gasteiger partial charge < -0.3 is 24.5 Å². The zero-order valence-electron chi connectivity index (χ0n) is 28.5. The van der Waals surface area contributed by atoms with E-state index in [0.29, 0.717) is 41.6 Å². The van der Waals surface area contributed by atoms with Crippen molar-refractivity contribution in [2.45, 2.75) is 48.8 Å². The second-order valence-corrected chi connectivity index (χ2v) is 15.1. The van der Waals surface area contributed by atoms with Gasteiger partial charge in [-0.05, 0) is 67.6 Å². The summed E-state index contributed by atoms with van der Waals surface area (Å²) in [4.78, 5) is 50.1. The average Bonchev–Trinajstić information content (AvgIpc) is 3.73. The van der Waals surface area contributed by atoms with Crippen molar-refractivity contribution in [1.29, 1.82) is 0 Å². The van der Waals surface area contributed by atoms with Crippen LogP contribution in [-0.2, 0) is 20.8 Å². The lowest BCUT2D eigenvalue weighted by Gasteiger charge is -2.42. The van der Waals surface area contributed by atoms with Gasteiger partial charge in [0.2, 0.25) is 11.8 Å². The minimum Gasteiger partial charge on any atom is -0.494 e. The molecule has 1 N–H and O–H groups in total. The van der Waals surface area contributed by atoms with E-state index in [2.05, 4.69) is 20.1 Å². The van der Waals surface area contributed by atoms with E-state index < -0.39 is 28.7 Å². The van der Waals surface area contributed by atoms with Crippen LogP contribution in [0.1, 0.15) is 25.8 Å². The van der Waals surface area contributed by atoms with Crippen LogP contribution in [0.25, 0.3) is 0 Å². The van der Waals surface area contributed by atoms with E-state index in [9.17, 15) is 9.90 Å². The number of nitrogens with zero attached hydrogens (tertiary/aromatic N) is 3. The van der Waals surface area contributed by atoms with Crippen molar-refractivity contribution in [3.8, 4) is 5.75 Å². The third-order valence-electron chi connectivity index (χ3n) is 10.4. The molecule has 3 aromatic rings. The fourth-order valence-electron chi connectivity index (χ4n) is 8.33. The van der Waals surface area contributed by atoms with Crippen molar-refractivity contribution in [3.63, 3.8) is 0 Å². The molecule has 0 radical (unpaired) electrons. The summed E-state index contributed by atoms with van der Waals surface area (Å²) in [7, 11) is 0. The Morgan fingerprint density at radius 1 is 1.02 bits per heavy atom. The lowest BCUT2D eigenvalue weighted by Crippen LogP contribution is -2.60. The second kappa shape index (κ2) is 15.1. The van der Waals surface area contributed by atoms with Crippen LogP contribution in [0.2, 0.25) is 5.02 Å². The number of hydrogen-bond acceptors (Lipinski definition) is 6. The molecule has 3 heterocycles. The molecule has 1 spiro atoms. The Labute approximate surface area is 303 Å². The maximum atomic E-state index is 15.2. The van der Waals surface area contributed by atoms with E-state index in [1.54, 1.807) is 56.8 Å². The summed E-state index contributed by atoms with van der Waals surface area (Å²) in [6.45, 7) is 12.4. The molecule has 3 amide bonds. The lowest BCUT2D eigenvalue weighted by atomic mass is 9.65. The van der Waals surface area contributed by atoms with Crippen molar-refractivity contribution < 1.29 is 24.2 Å². The first kappa shape index (κ1) is 35.8. The summed E-state index contributed by atoms with van der Waals surface area (Å²) in [5.74, 6) is -1.59. The van der Waals surface area contributed by atoms with Crippen molar-refractivity contribution >= 4 is 52.5 Å². The summed E-state index contributed by atoms with van der Waals surface area (Å²) < 4.78 is 4.72. The molecule has 3 fully saturated rings. The molecule has 0 aliphatic carbocycles. The van der Waals surface area contributed by atoms with Crippen LogP contribution in [0.4, 0.5) is 11.4 Å². The summed E-state index contributed by atoms with van der Waals surface area (Å²) >= 11 is 8.28. The van der Waals surface area contributed by atoms with Gasteiger partial charge in [-0.25, -0.2) is 0 Å². The van der Waals surface area contributed by atoms with E-state index >= 15 is 9.59 Å². The molecule has 50 heavy (non-hydrogen) atoms. The molecule has 0 saturated carbocycles. The van der Waals surface area contributed by atoms with Gasteiger partial charge in [-0.15, -0.1) is 24.9 Å². The fourth-order valence-corrected chi connectivity index (χ4v) is 11.0. The molecule has 6 rings (SSSR count). The molecule has 0 aromatic heterocycles. The van der Waals surface area contributed by atoms with Crippen LogP contribution in [0.3, 0.4) is 0 Å². The van der Waals surface area contributed by atoms with Gasteiger partial charge in [0.15, 0.2) is 0 Å². The highest BCUT2D eigenvalue weighted by Crippen LogP contribution is 2.69. The maximum absolute atomic E-state index is 15.2. The Kier molecular flexibility index (Phi) is 10.8. The number of rotatable bonds is 14. The highest BCUT2D eigenvalue weighted by molar-refractivity contribution is 8.02. The van der Waals surface area contributed by atoms with Crippen LogP contribution < -0.4 is 14.5 Å². The van der Waals surface area contributed by atoms with E-state index in [0.717, 1.165) is 5.56 Å². The Hall–Kier alpha value is -4.05. The van der Waals surface area contributed by atoms with E-state index in [1.165, 1.54) is 0 Å². The van der Waals surface area contributed by atoms with Crippen molar-refractivity contribution in [2.24, 2.45) is 17.8 Å². The summed E-state index contributed by atoms with van der Waals surface area (Å²) in [5, 5.41) is 11.2.